The van der Waals surface area contributed by atoms with E-state index in [1.54, 1.807) is 6.20 Å². The van der Waals surface area contributed by atoms with Crippen LogP contribution >= 0.6 is 0 Å². The lowest BCUT2D eigenvalue weighted by Gasteiger charge is -2.06. The van der Waals surface area contributed by atoms with Gasteiger partial charge in [-0.15, -0.1) is 0 Å². The Bertz CT molecular complexity index is 773. The highest BCUT2D eigenvalue weighted by atomic mass is 17.2. The molecule has 114 valence electrons. The van der Waals surface area contributed by atoms with E-state index in [4.69, 9.17) is 9.78 Å². The van der Waals surface area contributed by atoms with Crippen LogP contribution in [0.15, 0.2) is 73.1 Å². The molecule has 3 rings (SSSR count). The fraction of sp³-hybridized carbons (Fsp3) is 0.0500. The SMILES string of the molecule is C1=C\C=C/c2ccccc2OOC/C=C\c2cnccc2\C=C/1. The van der Waals surface area contributed by atoms with Crippen molar-refractivity contribution >= 4 is 18.2 Å². The first kappa shape index (κ1) is 15.0. The zero-order valence-electron chi connectivity index (χ0n) is 12.6. The lowest BCUT2D eigenvalue weighted by atomic mass is 10.1. The van der Waals surface area contributed by atoms with Gasteiger partial charge in [0.25, 0.3) is 0 Å². The van der Waals surface area contributed by atoms with Crippen LogP contribution in [0, 0.1) is 0 Å². The van der Waals surface area contributed by atoms with Crippen LogP contribution < -0.4 is 4.89 Å². The summed E-state index contributed by atoms with van der Waals surface area (Å²) in [5.41, 5.74) is 3.10. The number of rotatable bonds is 0. The molecule has 2 aromatic rings. The van der Waals surface area contributed by atoms with Gasteiger partial charge in [-0.2, -0.15) is 4.89 Å². The third kappa shape index (κ3) is 4.28. The molecule has 3 heteroatoms. The van der Waals surface area contributed by atoms with E-state index in [1.165, 1.54) is 0 Å². The van der Waals surface area contributed by atoms with Crippen LogP contribution in [-0.2, 0) is 4.89 Å². The quantitative estimate of drug-likeness (QED) is 0.661. The minimum Gasteiger partial charge on any atom is -0.337 e. The van der Waals surface area contributed by atoms with Crippen molar-refractivity contribution in [2.75, 3.05) is 6.61 Å². The summed E-state index contributed by atoms with van der Waals surface area (Å²) in [4.78, 5) is 14.8. The molecule has 0 aliphatic carbocycles. The fourth-order valence-electron chi connectivity index (χ4n) is 2.16. The van der Waals surface area contributed by atoms with E-state index >= 15 is 0 Å². The zero-order chi connectivity index (χ0) is 15.7. The summed E-state index contributed by atoms with van der Waals surface area (Å²) >= 11 is 0. The van der Waals surface area contributed by atoms with E-state index in [0.717, 1.165) is 16.7 Å². The van der Waals surface area contributed by atoms with Gasteiger partial charge in [-0.1, -0.05) is 66.8 Å². The average Bonchev–Trinajstić information content (AvgIpc) is 2.60. The number of nitrogens with zero attached hydrogens (tertiary/aromatic N) is 1. The summed E-state index contributed by atoms with van der Waals surface area (Å²) in [6.45, 7) is 0.356. The predicted octanol–water partition coefficient (Wildman–Crippen LogP) is 4.70. The molecule has 0 spiro atoms. The molecule has 1 aliphatic heterocycles. The van der Waals surface area contributed by atoms with Gasteiger partial charge in [-0.25, -0.2) is 0 Å². The van der Waals surface area contributed by atoms with Crippen molar-refractivity contribution in [3.8, 4) is 5.75 Å². The van der Waals surface area contributed by atoms with Crippen molar-refractivity contribution in [1.29, 1.82) is 0 Å². The smallest absolute Gasteiger partial charge is 0.172 e. The van der Waals surface area contributed by atoms with E-state index in [-0.39, 0.29) is 0 Å². The zero-order valence-corrected chi connectivity index (χ0v) is 12.6. The Hall–Kier alpha value is -2.91. The van der Waals surface area contributed by atoms with Crippen molar-refractivity contribution < 1.29 is 9.78 Å². The lowest BCUT2D eigenvalue weighted by Crippen LogP contribution is -1.98. The Morgan fingerprint density at radius 1 is 0.783 bits per heavy atom. The molecule has 0 unspecified atom stereocenters. The Morgan fingerprint density at radius 2 is 1.61 bits per heavy atom. The van der Waals surface area contributed by atoms with Crippen LogP contribution in [0.4, 0.5) is 0 Å². The summed E-state index contributed by atoms with van der Waals surface area (Å²) in [5, 5.41) is 0. The van der Waals surface area contributed by atoms with Crippen molar-refractivity contribution in [2.45, 2.75) is 0 Å². The second-order valence-electron chi connectivity index (χ2n) is 4.92. The predicted molar refractivity (Wildman–Crippen MR) is 93.5 cm³/mol. The molecule has 23 heavy (non-hydrogen) atoms. The Balaban J connectivity index is 1.87. The van der Waals surface area contributed by atoms with Crippen molar-refractivity contribution in [2.24, 2.45) is 0 Å². The molecule has 0 saturated carbocycles. The minimum atomic E-state index is 0.356. The van der Waals surface area contributed by atoms with Gasteiger partial charge in [0.05, 0.1) is 0 Å². The highest BCUT2D eigenvalue weighted by Gasteiger charge is 2.00. The van der Waals surface area contributed by atoms with Crippen molar-refractivity contribution in [3.05, 3.63) is 89.8 Å². The molecule has 0 fully saturated rings. The summed E-state index contributed by atoms with van der Waals surface area (Å²) in [6, 6.07) is 9.72. The van der Waals surface area contributed by atoms with E-state index in [1.807, 2.05) is 79.1 Å². The molecule has 3 nitrogen and oxygen atoms in total. The van der Waals surface area contributed by atoms with Gasteiger partial charge < -0.3 is 4.89 Å². The minimum absolute atomic E-state index is 0.356. The molecular formula is C20H17NO2. The molecule has 0 N–H and O–H groups in total. The second kappa shape index (κ2) is 7.92. The summed E-state index contributed by atoms with van der Waals surface area (Å²) in [6.07, 6.45) is 19.5. The van der Waals surface area contributed by atoms with Crippen LogP contribution in [0.2, 0.25) is 0 Å². The Morgan fingerprint density at radius 3 is 2.52 bits per heavy atom. The third-order valence-corrected chi connectivity index (χ3v) is 3.30. The number of pyridine rings is 1. The molecule has 0 radical (unpaired) electrons. The first-order valence-corrected chi connectivity index (χ1v) is 7.44. The third-order valence-electron chi connectivity index (χ3n) is 3.30. The highest BCUT2D eigenvalue weighted by molar-refractivity contribution is 5.65. The van der Waals surface area contributed by atoms with Gasteiger partial charge in [0.1, 0.15) is 6.61 Å². The number of para-hydroxylation sites is 1. The van der Waals surface area contributed by atoms with E-state index in [2.05, 4.69) is 11.1 Å². The highest BCUT2D eigenvalue weighted by Crippen LogP contribution is 2.20. The fourth-order valence-corrected chi connectivity index (χ4v) is 2.16. The largest absolute Gasteiger partial charge is 0.337 e. The number of hydrogen-bond donors (Lipinski definition) is 0. The molecule has 1 aromatic carbocycles. The maximum atomic E-state index is 5.39. The maximum Gasteiger partial charge on any atom is 0.172 e. The molecular weight excluding hydrogens is 286 g/mol. The van der Waals surface area contributed by atoms with Crippen LogP contribution in [0.5, 0.6) is 5.75 Å². The number of fused-ring (bicyclic) bond motifs is 2. The summed E-state index contributed by atoms with van der Waals surface area (Å²) < 4.78 is 0. The van der Waals surface area contributed by atoms with Crippen LogP contribution in [0.1, 0.15) is 16.7 Å². The molecule has 0 bridgehead atoms. The van der Waals surface area contributed by atoms with E-state index < -0.39 is 0 Å². The number of aromatic nitrogens is 1. The van der Waals surface area contributed by atoms with Crippen molar-refractivity contribution in [3.63, 3.8) is 0 Å². The van der Waals surface area contributed by atoms with Crippen LogP contribution in [-0.4, -0.2) is 11.6 Å². The van der Waals surface area contributed by atoms with Gasteiger partial charge in [0.2, 0.25) is 0 Å². The van der Waals surface area contributed by atoms with Crippen molar-refractivity contribution in [1.82, 2.24) is 4.98 Å². The monoisotopic (exact) mass is 303 g/mol. The number of benzene rings is 1. The Kier molecular flexibility index (Phi) is 5.16. The molecule has 0 atom stereocenters. The normalized spacial score (nSPS) is 19.8. The molecule has 2 heterocycles. The standard InChI is InChI=1S/C20H17NO2/c1-2-4-9-18-10-5-6-12-20(18)23-22-15-7-11-19-16-21-14-13-17(19)8-3-1/h1-14,16H,15H2/b2-1-,8-3-,9-4-,11-7-. The van der Waals surface area contributed by atoms with Gasteiger partial charge in [-0.3, -0.25) is 4.98 Å². The molecule has 0 amide bonds. The van der Waals surface area contributed by atoms with Crippen LogP contribution in [0.3, 0.4) is 0 Å². The van der Waals surface area contributed by atoms with Crippen LogP contribution in [0.25, 0.3) is 18.2 Å². The first-order chi connectivity index (χ1) is 11.4. The molecule has 1 aliphatic rings. The average molecular weight is 303 g/mol. The molecule has 0 saturated heterocycles. The van der Waals surface area contributed by atoms with E-state index in [9.17, 15) is 0 Å². The molecule has 1 aromatic heterocycles. The maximum absolute atomic E-state index is 5.39. The topological polar surface area (TPSA) is 31.4 Å². The number of allylic oxidation sites excluding steroid dienone is 4. The van der Waals surface area contributed by atoms with Gasteiger partial charge in [0, 0.05) is 18.0 Å². The Labute approximate surface area is 135 Å². The second-order valence-corrected chi connectivity index (χ2v) is 4.92. The first-order valence-electron chi connectivity index (χ1n) is 7.44. The van der Waals surface area contributed by atoms with Gasteiger partial charge in [0.15, 0.2) is 5.75 Å². The van der Waals surface area contributed by atoms with E-state index in [0.29, 0.717) is 12.4 Å². The number of hydrogen-bond acceptors (Lipinski definition) is 3. The van der Waals surface area contributed by atoms with Gasteiger partial charge in [-0.05, 0) is 23.3 Å². The lowest BCUT2D eigenvalue weighted by molar-refractivity contribution is -0.195. The van der Waals surface area contributed by atoms with Gasteiger partial charge >= 0.3 is 0 Å². The summed E-state index contributed by atoms with van der Waals surface area (Å²) in [5.74, 6) is 0.693. The summed E-state index contributed by atoms with van der Waals surface area (Å²) in [7, 11) is 0.